The molecular formula is C24H27ClN4O5S. The van der Waals surface area contributed by atoms with Gasteiger partial charge in [0.15, 0.2) is 0 Å². The Bertz CT molecular complexity index is 1310. The minimum Gasteiger partial charge on any atom is -0.484 e. The number of aromatic nitrogens is 2. The Morgan fingerprint density at radius 3 is 2.43 bits per heavy atom. The van der Waals surface area contributed by atoms with Gasteiger partial charge in [-0.25, -0.2) is 8.42 Å². The van der Waals surface area contributed by atoms with Gasteiger partial charge in [-0.05, 0) is 37.3 Å². The lowest BCUT2D eigenvalue weighted by molar-refractivity contribution is 0.109. The maximum Gasteiger partial charge on any atom is 0.316 e. The number of benzene rings is 2. The van der Waals surface area contributed by atoms with Crippen molar-refractivity contribution in [3.05, 3.63) is 76.2 Å². The van der Waals surface area contributed by atoms with Crippen molar-refractivity contribution >= 4 is 27.3 Å². The molecule has 2 aromatic carbocycles. The SMILES string of the molecule is CCOCCOc1c(N2CCN(S(=O)(=O)c3ccccc3)CC2)cnn(-c2cccc(Cl)c2)c1=O. The van der Waals surface area contributed by atoms with E-state index >= 15 is 0 Å². The number of hydrogen-bond acceptors (Lipinski definition) is 7. The summed E-state index contributed by atoms with van der Waals surface area (Å²) >= 11 is 6.10. The second-order valence-corrected chi connectivity index (χ2v) is 10.2. The number of rotatable bonds is 9. The molecule has 186 valence electrons. The van der Waals surface area contributed by atoms with Gasteiger partial charge in [0.25, 0.3) is 0 Å². The van der Waals surface area contributed by atoms with Gasteiger partial charge in [0.1, 0.15) is 12.3 Å². The predicted molar refractivity (Wildman–Crippen MR) is 134 cm³/mol. The second kappa shape index (κ2) is 11.2. The van der Waals surface area contributed by atoms with E-state index in [9.17, 15) is 13.2 Å². The molecule has 1 aromatic heterocycles. The van der Waals surface area contributed by atoms with E-state index in [1.165, 1.54) is 8.99 Å². The number of hydrogen-bond donors (Lipinski definition) is 0. The first-order chi connectivity index (χ1) is 16.9. The summed E-state index contributed by atoms with van der Waals surface area (Å²) in [6.07, 6.45) is 1.57. The zero-order chi connectivity index (χ0) is 24.8. The molecule has 1 fully saturated rings. The smallest absolute Gasteiger partial charge is 0.316 e. The van der Waals surface area contributed by atoms with Gasteiger partial charge in [-0.1, -0.05) is 35.9 Å². The Labute approximate surface area is 209 Å². The average Bonchev–Trinajstić information content (AvgIpc) is 2.88. The molecule has 1 aliphatic heterocycles. The number of ether oxygens (including phenoxy) is 2. The first-order valence-electron chi connectivity index (χ1n) is 11.3. The molecule has 0 radical (unpaired) electrons. The second-order valence-electron chi connectivity index (χ2n) is 7.81. The highest BCUT2D eigenvalue weighted by atomic mass is 35.5. The van der Waals surface area contributed by atoms with Crippen LogP contribution in [0.25, 0.3) is 5.69 Å². The Morgan fingerprint density at radius 2 is 1.74 bits per heavy atom. The number of halogens is 1. The molecule has 1 saturated heterocycles. The maximum atomic E-state index is 13.4. The van der Waals surface area contributed by atoms with Crippen molar-refractivity contribution in [3.63, 3.8) is 0 Å². The molecule has 1 aliphatic rings. The number of anilines is 1. The summed E-state index contributed by atoms with van der Waals surface area (Å²) in [4.78, 5) is 15.6. The zero-order valence-electron chi connectivity index (χ0n) is 19.3. The normalized spacial score (nSPS) is 14.7. The lowest BCUT2D eigenvalue weighted by atomic mass is 10.3. The average molecular weight is 519 g/mol. The Morgan fingerprint density at radius 1 is 1.00 bits per heavy atom. The molecule has 3 aromatic rings. The van der Waals surface area contributed by atoms with E-state index in [4.69, 9.17) is 21.1 Å². The fourth-order valence-corrected chi connectivity index (χ4v) is 5.47. The molecule has 0 spiro atoms. The van der Waals surface area contributed by atoms with Crippen molar-refractivity contribution < 1.29 is 17.9 Å². The van der Waals surface area contributed by atoms with Crippen LogP contribution in [0.2, 0.25) is 5.02 Å². The molecule has 0 aliphatic carbocycles. The van der Waals surface area contributed by atoms with E-state index in [1.807, 2.05) is 11.8 Å². The van der Waals surface area contributed by atoms with Gasteiger partial charge in [-0.15, -0.1) is 0 Å². The first-order valence-corrected chi connectivity index (χ1v) is 13.1. The molecule has 0 amide bonds. The van der Waals surface area contributed by atoms with Gasteiger partial charge in [0.05, 0.1) is 23.4 Å². The van der Waals surface area contributed by atoms with Crippen LogP contribution in [-0.4, -0.2) is 68.5 Å². The van der Waals surface area contributed by atoms with Crippen LogP contribution in [0.3, 0.4) is 0 Å². The molecule has 4 rings (SSSR count). The van der Waals surface area contributed by atoms with Crippen molar-refractivity contribution in [2.75, 3.05) is 50.9 Å². The minimum absolute atomic E-state index is 0.138. The summed E-state index contributed by atoms with van der Waals surface area (Å²) in [5.74, 6) is 0.138. The van der Waals surface area contributed by atoms with E-state index in [1.54, 1.807) is 60.8 Å². The summed E-state index contributed by atoms with van der Waals surface area (Å²) < 4.78 is 39.9. The fraction of sp³-hybridized carbons (Fsp3) is 0.333. The molecule has 9 nitrogen and oxygen atoms in total. The summed E-state index contributed by atoms with van der Waals surface area (Å²) in [6, 6.07) is 15.2. The molecule has 0 N–H and O–H groups in total. The van der Waals surface area contributed by atoms with Crippen molar-refractivity contribution in [2.24, 2.45) is 0 Å². The third-order valence-electron chi connectivity index (χ3n) is 5.61. The van der Waals surface area contributed by atoms with E-state index in [2.05, 4.69) is 5.10 Å². The van der Waals surface area contributed by atoms with Gasteiger partial charge in [0.2, 0.25) is 15.8 Å². The zero-order valence-corrected chi connectivity index (χ0v) is 20.9. The predicted octanol–water partition coefficient (Wildman–Crippen LogP) is 2.81. The molecule has 35 heavy (non-hydrogen) atoms. The van der Waals surface area contributed by atoms with Gasteiger partial charge in [0, 0.05) is 37.8 Å². The Hall–Kier alpha value is -2.92. The number of piperazine rings is 1. The molecule has 0 unspecified atom stereocenters. The standard InChI is InChI=1S/C24H27ClN4O5S/c1-2-33-15-16-34-23-22(18-26-29(24(23)30)20-8-6-7-19(25)17-20)27-11-13-28(14-12-27)35(31,32)21-9-4-3-5-10-21/h3-10,17-18H,2,11-16H2,1H3. The molecule has 11 heteroatoms. The molecule has 0 saturated carbocycles. The van der Waals surface area contributed by atoms with Gasteiger partial charge in [-0.3, -0.25) is 4.79 Å². The summed E-state index contributed by atoms with van der Waals surface area (Å²) in [5, 5.41) is 4.83. The van der Waals surface area contributed by atoms with E-state index < -0.39 is 15.6 Å². The van der Waals surface area contributed by atoms with Crippen molar-refractivity contribution in [3.8, 4) is 11.4 Å². The maximum absolute atomic E-state index is 13.4. The van der Waals surface area contributed by atoms with Crippen molar-refractivity contribution in [1.29, 1.82) is 0 Å². The highest BCUT2D eigenvalue weighted by Gasteiger charge is 2.30. The van der Waals surface area contributed by atoms with Crippen molar-refractivity contribution in [2.45, 2.75) is 11.8 Å². The van der Waals surface area contributed by atoms with E-state index in [-0.39, 0.29) is 30.3 Å². The van der Waals surface area contributed by atoms with Crippen LogP contribution in [0, 0.1) is 0 Å². The van der Waals surface area contributed by atoms with Crippen LogP contribution in [0.1, 0.15) is 6.92 Å². The fourth-order valence-electron chi connectivity index (χ4n) is 3.84. The van der Waals surface area contributed by atoms with E-state index in [0.717, 1.165) is 0 Å². The largest absolute Gasteiger partial charge is 0.484 e. The first kappa shape index (κ1) is 25.2. The van der Waals surface area contributed by atoms with E-state index in [0.29, 0.717) is 42.7 Å². The summed E-state index contributed by atoms with van der Waals surface area (Å²) in [7, 11) is -3.59. The monoisotopic (exact) mass is 518 g/mol. The van der Waals surface area contributed by atoms with Crippen LogP contribution >= 0.6 is 11.6 Å². The minimum atomic E-state index is -3.59. The quantitative estimate of drug-likeness (QED) is 0.402. The molecular weight excluding hydrogens is 492 g/mol. The number of sulfonamides is 1. The highest BCUT2D eigenvalue weighted by molar-refractivity contribution is 7.89. The van der Waals surface area contributed by atoms with Gasteiger partial charge < -0.3 is 14.4 Å². The molecule has 0 bridgehead atoms. The Balaban J connectivity index is 1.59. The highest BCUT2D eigenvalue weighted by Crippen LogP contribution is 2.27. The van der Waals surface area contributed by atoms with Crippen LogP contribution in [0.15, 0.2) is 70.5 Å². The van der Waals surface area contributed by atoms with Gasteiger partial charge in [-0.2, -0.15) is 14.1 Å². The third-order valence-corrected chi connectivity index (χ3v) is 7.75. The number of nitrogens with zero attached hydrogens (tertiary/aromatic N) is 4. The Kier molecular flexibility index (Phi) is 8.07. The summed E-state index contributed by atoms with van der Waals surface area (Å²) in [5.41, 5.74) is 0.601. The lowest BCUT2D eigenvalue weighted by Crippen LogP contribution is -2.49. The molecule has 2 heterocycles. The topological polar surface area (TPSA) is 94.0 Å². The van der Waals surface area contributed by atoms with Crippen molar-refractivity contribution in [1.82, 2.24) is 14.1 Å². The summed E-state index contributed by atoms with van der Waals surface area (Å²) in [6.45, 7) is 4.26. The van der Waals surface area contributed by atoms with Crippen LogP contribution in [0.5, 0.6) is 5.75 Å². The van der Waals surface area contributed by atoms with Crippen LogP contribution in [-0.2, 0) is 14.8 Å². The van der Waals surface area contributed by atoms with Crippen LogP contribution in [0.4, 0.5) is 5.69 Å². The van der Waals surface area contributed by atoms with Gasteiger partial charge >= 0.3 is 5.56 Å². The molecule has 0 atom stereocenters. The lowest BCUT2D eigenvalue weighted by Gasteiger charge is -2.35. The third kappa shape index (κ3) is 5.67. The van der Waals surface area contributed by atoms with Crippen LogP contribution < -0.4 is 15.2 Å².